The van der Waals surface area contributed by atoms with E-state index in [4.69, 9.17) is 10.5 Å². The number of para-hydroxylation sites is 1. The molecule has 0 heterocycles. The van der Waals surface area contributed by atoms with Crippen molar-refractivity contribution in [1.82, 2.24) is 5.32 Å². The van der Waals surface area contributed by atoms with Crippen molar-refractivity contribution in [3.63, 3.8) is 0 Å². The molecule has 0 spiro atoms. The van der Waals surface area contributed by atoms with Crippen LogP contribution in [0.4, 0.5) is 4.39 Å². The highest BCUT2D eigenvalue weighted by atomic mass is 19.1. The van der Waals surface area contributed by atoms with Crippen molar-refractivity contribution in [1.29, 1.82) is 0 Å². The van der Waals surface area contributed by atoms with Gasteiger partial charge in [0.25, 0.3) is 5.91 Å². The summed E-state index contributed by atoms with van der Waals surface area (Å²) in [6.07, 6.45) is -0.251. The molecule has 1 aromatic rings. The van der Waals surface area contributed by atoms with Gasteiger partial charge in [-0.15, -0.1) is 0 Å². The molecule has 5 heteroatoms. The number of nitrogens with two attached hydrogens (primary N) is 1. The zero-order valence-corrected chi connectivity index (χ0v) is 11.6. The first-order valence-electron chi connectivity index (χ1n) is 6.43. The molecular formula is C14H21FN2O2. The van der Waals surface area contributed by atoms with Gasteiger partial charge in [0.1, 0.15) is 0 Å². The number of ether oxygens (including phenoxy) is 1. The highest BCUT2D eigenvalue weighted by Gasteiger charge is 2.18. The van der Waals surface area contributed by atoms with E-state index in [1.54, 1.807) is 19.1 Å². The summed E-state index contributed by atoms with van der Waals surface area (Å²) in [7, 11) is 0. The first-order chi connectivity index (χ1) is 8.95. The average Bonchev–Trinajstić information content (AvgIpc) is 2.33. The monoisotopic (exact) mass is 268 g/mol. The minimum atomic E-state index is -0.747. The van der Waals surface area contributed by atoms with E-state index in [1.165, 1.54) is 6.07 Å². The molecule has 19 heavy (non-hydrogen) atoms. The Balaban J connectivity index is 2.89. The van der Waals surface area contributed by atoms with E-state index in [9.17, 15) is 9.18 Å². The lowest BCUT2D eigenvalue weighted by atomic mass is 10.1. The third kappa shape index (κ3) is 4.52. The lowest BCUT2D eigenvalue weighted by molar-refractivity contribution is -0.127. The zero-order chi connectivity index (χ0) is 14.4. The highest BCUT2D eigenvalue weighted by molar-refractivity contribution is 5.80. The molecule has 0 aliphatic rings. The van der Waals surface area contributed by atoms with Crippen LogP contribution in [0.3, 0.4) is 0 Å². The zero-order valence-electron chi connectivity index (χ0n) is 11.6. The first kappa shape index (κ1) is 15.4. The van der Waals surface area contributed by atoms with Crippen molar-refractivity contribution in [2.45, 2.75) is 39.3 Å². The van der Waals surface area contributed by atoms with Crippen molar-refractivity contribution in [2.24, 2.45) is 5.73 Å². The van der Waals surface area contributed by atoms with Crippen molar-refractivity contribution >= 4 is 5.91 Å². The van der Waals surface area contributed by atoms with Gasteiger partial charge in [-0.05, 0) is 38.8 Å². The Hall–Kier alpha value is -1.62. The lowest BCUT2D eigenvalue weighted by Crippen LogP contribution is -2.36. The Morgan fingerprint density at radius 3 is 2.74 bits per heavy atom. The van der Waals surface area contributed by atoms with E-state index in [2.05, 4.69) is 5.32 Å². The van der Waals surface area contributed by atoms with Gasteiger partial charge in [0.15, 0.2) is 17.7 Å². The first-order valence-corrected chi connectivity index (χ1v) is 6.43. The van der Waals surface area contributed by atoms with Gasteiger partial charge < -0.3 is 15.8 Å². The van der Waals surface area contributed by atoms with E-state index >= 15 is 0 Å². The van der Waals surface area contributed by atoms with Gasteiger partial charge in [0, 0.05) is 12.6 Å². The molecule has 0 radical (unpaired) electrons. The molecule has 0 saturated heterocycles. The molecule has 1 amide bonds. The minimum Gasteiger partial charge on any atom is -0.478 e. The number of carbonyl (C=O) groups excluding carboxylic acids is 1. The van der Waals surface area contributed by atoms with Crippen LogP contribution in [0.25, 0.3) is 0 Å². The third-order valence-electron chi connectivity index (χ3n) is 2.61. The Labute approximate surface area is 113 Å². The molecule has 4 nitrogen and oxygen atoms in total. The lowest BCUT2D eigenvalue weighted by Gasteiger charge is -2.18. The van der Waals surface area contributed by atoms with Crippen LogP contribution in [0.15, 0.2) is 18.2 Å². The molecule has 0 aromatic heterocycles. The SMILES string of the molecule is CCNC(=O)C(C)Oc1c(F)cccc1CC(C)N. The molecule has 2 unspecified atom stereocenters. The van der Waals surface area contributed by atoms with Crippen molar-refractivity contribution in [3.8, 4) is 5.75 Å². The van der Waals surface area contributed by atoms with Crippen LogP contribution in [0.2, 0.25) is 0 Å². The summed E-state index contributed by atoms with van der Waals surface area (Å²) in [4.78, 5) is 11.6. The summed E-state index contributed by atoms with van der Waals surface area (Å²) >= 11 is 0. The van der Waals surface area contributed by atoms with Crippen LogP contribution in [-0.2, 0) is 11.2 Å². The maximum atomic E-state index is 13.8. The Morgan fingerprint density at radius 1 is 1.47 bits per heavy atom. The smallest absolute Gasteiger partial charge is 0.260 e. The second-order valence-corrected chi connectivity index (χ2v) is 4.56. The van der Waals surface area contributed by atoms with E-state index in [1.807, 2.05) is 13.8 Å². The quantitative estimate of drug-likeness (QED) is 0.824. The summed E-state index contributed by atoms with van der Waals surface area (Å²) in [5.41, 5.74) is 6.40. The number of carbonyl (C=O) groups is 1. The van der Waals surface area contributed by atoms with Crippen molar-refractivity contribution in [3.05, 3.63) is 29.6 Å². The fraction of sp³-hybridized carbons (Fsp3) is 0.500. The second-order valence-electron chi connectivity index (χ2n) is 4.56. The maximum Gasteiger partial charge on any atom is 0.260 e. The number of likely N-dealkylation sites (N-methyl/N-ethyl adjacent to an activating group) is 1. The van der Waals surface area contributed by atoms with E-state index in [-0.39, 0.29) is 17.7 Å². The molecule has 0 aliphatic carbocycles. The fourth-order valence-corrected chi connectivity index (χ4v) is 1.74. The second kappa shape index (κ2) is 7.09. The molecular weight excluding hydrogens is 247 g/mol. The van der Waals surface area contributed by atoms with Crippen LogP contribution >= 0.6 is 0 Å². The Kier molecular flexibility index (Phi) is 5.76. The summed E-state index contributed by atoms with van der Waals surface area (Å²) in [6, 6.07) is 4.57. The number of hydrogen-bond acceptors (Lipinski definition) is 3. The number of nitrogens with one attached hydrogen (secondary N) is 1. The van der Waals surface area contributed by atoms with Gasteiger partial charge in [0.2, 0.25) is 0 Å². The van der Waals surface area contributed by atoms with Crippen LogP contribution < -0.4 is 15.8 Å². The Bertz CT molecular complexity index is 435. The van der Waals surface area contributed by atoms with E-state index < -0.39 is 11.9 Å². The topological polar surface area (TPSA) is 64.3 Å². The van der Waals surface area contributed by atoms with Gasteiger partial charge in [-0.3, -0.25) is 4.79 Å². The maximum absolute atomic E-state index is 13.8. The number of halogens is 1. The molecule has 0 fully saturated rings. The predicted molar refractivity (Wildman–Crippen MR) is 72.5 cm³/mol. The molecule has 106 valence electrons. The Morgan fingerprint density at radius 2 is 2.16 bits per heavy atom. The summed E-state index contributed by atoms with van der Waals surface area (Å²) in [5, 5.41) is 2.63. The average molecular weight is 268 g/mol. The van der Waals surface area contributed by atoms with Gasteiger partial charge in [-0.25, -0.2) is 4.39 Å². The molecule has 1 aromatic carbocycles. The molecule has 1 rings (SSSR count). The number of hydrogen-bond donors (Lipinski definition) is 2. The van der Waals surface area contributed by atoms with Crippen molar-refractivity contribution in [2.75, 3.05) is 6.54 Å². The minimum absolute atomic E-state index is 0.107. The highest BCUT2D eigenvalue weighted by Crippen LogP contribution is 2.25. The molecule has 0 bridgehead atoms. The fourth-order valence-electron chi connectivity index (χ4n) is 1.74. The summed E-state index contributed by atoms with van der Waals surface area (Å²) in [5.74, 6) is -0.634. The van der Waals surface area contributed by atoms with Crippen LogP contribution in [0.1, 0.15) is 26.3 Å². The molecule has 0 aliphatic heterocycles. The van der Waals surface area contributed by atoms with Crippen LogP contribution in [0.5, 0.6) is 5.75 Å². The largest absolute Gasteiger partial charge is 0.478 e. The van der Waals surface area contributed by atoms with Gasteiger partial charge >= 0.3 is 0 Å². The number of amides is 1. The standard InChI is InChI=1S/C14H21FN2O2/c1-4-17-14(18)10(3)19-13-11(8-9(2)16)6-5-7-12(13)15/h5-7,9-10H,4,8,16H2,1-3H3,(H,17,18). The van der Waals surface area contributed by atoms with E-state index in [0.29, 0.717) is 18.5 Å². The van der Waals surface area contributed by atoms with Gasteiger partial charge in [-0.1, -0.05) is 12.1 Å². The molecule has 3 N–H and O–H groups in total. The summed E-state index contributed by atoms with van der Waals surface area (Å²) < 4.78 is 19.3. The van der Waals surface area contributed by atoms with E-state index in [0.717, 1.165) is 0 Å². The number of benzene rings is 1. The predicted octanol–water partition coefficient (Wildman–Crippen LogP) is 1.62. The summed E-state index contributed by atoms with van der Waals surface area (Å²) in [6.45, 7) is 5.75. The van der Waals surface area contributed by atoms with Crippen molar-refractivity contribution < 1.29 is 13.9 Å². The molecule has 0 saturated carbocycles. The normalized spacial score (nSPS) is 13.7. The van der Waals surface area contributed by atoms with Gasteiger partial charge in [0.05, 0.1) is 0 Å². The van der Waals surface area contributed by atoms with Gasteiger partial charge in [-0.2, -0.15) is 0 Å². The van der Waals surface area contributed by atoms with Crippen LogP contribution in [-0.4, -0.2) is 24.6 Å². The van der Waals surface area contributed by atoms with Crippen LogP contribution in [0, 0.1) is 5.82 Å². The third-order valence-corrected chi connectivity index (χ3v) is 2.61. The molecule has 2 atom stereocenters. The number of rotatable bonds is 6.